The van der Waals surface area contributed by atoms with Crippen LogP contribution in [0, 0.1) is 11.7 Å². The highest BCUT2D eigenvalue weighted by Crippen LogP contribution is 2.23. The number of aliphatic hydroxyl groups excluding tert-OH is 1. The molecule has 0 radical (unpaired) electrons. The number of nitrogens with zero attached hydrogens (tertiary/aromatic N) is 1. The largest absolute Gasteiger partial charge is 0.507 e. The highest BCUT2D eigenvalue weighted by atomic mass is 35.5. The Morgan fingerprint density at radius 3 is 2.27 bits per heavy atom. The molecule has 3 aromatic carbocycles. The third kappa shape index (κ3) is 7.75. The van der Waals surface area contributed by atoms with Gasteiger partial charge in [-0.15, -0.1) is 0 Å². The van der Waals surface area contributed by atoms with Gasteiger partial charge in [-0.3, -0.25) is 4.79 Å². The molecule has 37 heavy (non-hydrogen) atoms. The molecule has 0 spiro atoms. The number of aliphatic hydroxyl groups is 1. The van der Waals surface area contributed by atoms with Gasteiger partial charge in [0, 0.05) is 18.1 Å². The summed E-state index contributed by atoms with van der Waals surface area (Å²) in [5, 5.41) is 24.4. The molecule has 0 saturated heterocycles. The van der Waals surface area contributed by atoms with Crippen molar-refractivity contribution in [2.45, 2.75) is 37.3 Å². The number of rotatable bonds is 11. The molecule has 0 fully saturated rings. The maximum Gasteiger partial charge on any atom is 0.255 e. The molecular formula is C27H30ClFN2O5S. The fourth-order valence-electron chi connectivity index (χ4n) is 3.86. The van der Waals surface area contributed by atoms with E-state index in [0.29, 0.717) is 0 Å². The van der Waals surface area contributed by atoms with E-state index in [1.54, 1.807) is 0 Å². The van der Waals surface area contributed by atoms with Crippen LogP contribution in [0.4, 0.5) is 4.39 Å². The molecule has 0 bridgehead atoms. The van der Waals surface area contributed by atoms with Crippen molar-refractivity contribution in [1.82, 2.24) is 9.62 Å². The number of nitrogens with one attached hydrogen (secondary N) is 1. The second kappa shape index (κ2) is 12.5. The molecule has 7 nitrogen and oxygen atoms in total. The predicted molar refractivity (Wildman–Crippen MR) is 141 cm³/mol. The number of halogens is 2. The number of benzene rings is 3. The van der Waals surface area contributed by atoms with Crippen LogP contribution in [0.2, 0.25) is 5.02 Å². The Morgan fingerprint density at radius 2 is 1.68 bits per heavy atom. The van der Waals surface area contributed by atoms with Gasteiger partial charge < -0.3 is 15.5 Å². The summed E-state index contributed by atoms with van der Waals surface area (Å²) in [6.45, 7) is 3.46. The van der Waals surface area contributed by atoms with Gasteiger partial charge >= 0.3 is 0 Å². The molecule has 0 aromatic heterocycles. The summed E-state index contributed by atoms with van der Waals surface area (Å²) in [6.07, 6.45) is -1.11. The van der Waals surface area contributed by atoms with Crippen LogP contribution >= 0.6 is 11.6 Å². The maximum atomic E-state index is 13.4. The first kappa shape index (κ1) is 28.6. The average molecular weight is 549 g/mol. The van der Waals surface area contributed by atoms with E-state index in [4.69, 9.17) is 11.6 Å². The topological polar surface area (TPSA) is 107 Å². The van der Waals surface area contributed by atoms with Crippen LogP contribution in [-0.4, -0.2) is 54.1 Å². The van der Waals surface area contributed by atoms with Gasteiger partial charge in [-0.25, -0.2) is 12.8 Å². The fraction of sp³-hybridized carbons (Fsp3) is 0.296. The third-order valence-electron chi connectivity index (χ3n) is 5.69. The quantitative estimate of drug-likeness (QED) is 0.332. The van der Waals surface area contributed by atoms with Gasteiger partial charge in [0.2, 0.25) is 10.0 Å². The first-order valence-corrected chi connectivity index (χ1v) is 13.6. The van der Waals surface area contributed by atoms with E-state index >= 15 is 0 Å². The van der Waals surface area contributed by atoms with Gasteiger partial charge in [-0.1, -0.05) is 55.8 Å². The molecule has 0 heterocycles. The Hall–Kier alpha value is -2.98. The molecule has 0 aliphatic carbocycles. The zero-order valence-electron chi connectivity index (χ0n) is 20.5. The SMILES string of the molecule is CC(C)CN(C[C@@H](O)[C@H](Cc1ccccc1)NC(=O)c1ccc(Cl)cc1O)S(=O)(=O)c1ccc(F)cc1. The van der Waals surface area contributed by atoms with Crippen molar-refractivity contribution in [3.63, 3.8) is 0 Å². The number of carbonyl (C=O) groups is 1. The van der Waals surface area contributed by atoms with Crippen LogP contribution in [0.5, 0.6) is 5.75 Å². The van der Waals surface area contributed by atoms with Crippen LogP contribution < -0.4 is 5.32 Å². The Bertz CT molecular complexity index is 1300. The van der Waals surface area contributed by atoms with Gasteiger partial charge in [0.15, 0.2) is 0 Å². The van der Waals surface area contributed by atoms with Crippen molar-refractivity contribution < 1.29 is 27.8 Å². The molecule has 0 aliphatic rings. The first-order valence-electron chi connectivity index (χ1n) is 11.7. The molecule has 1 amide bonds. The fourth-order valence-corrected chi connectivity index (χ4v) is 5.65. The predicted octanol–water partition coefficient (Wildman–Crippen LogP) is 4.23. The lowest BCUT2D eigenvalue weighted by Gasteiger charge is -2.31. The summed E-state index contributed by atoms with van der Waals surface area (Å²) in [5.74, 6) is -1.61. The van der Waals surface area contributed by atoms with Gasteiger partial charge in [-0.2, -0.15) is 4.31 Å². The van der Waals surface area contributed by atoms with E-state index in [1.165, 1.54) is 30.3 Å². The van der Waals surface area contributed by atoms with Crippen LogP contribution in [-0.2, 0) is 16.4 Å². The summed E-state index contributed by atoms with van der Waals surface area (Å²) in [5.41, 5.74) is 0.775. The number of hydrogen-bond acceptors (Lipinski definition) is 5. The molecule has 3 rings (SSSR count). The van der Waals surface area contributed by atoms with Gasteiger partial charge in [0.05, 0.1) is 22.6 Å². The van der Waals surface area contributed by atoms with E-state index in [2.05, 4.69) is 5.32 Å². The van der Waals surface area contributed by atoms with Crippen LogP contribution in [0.1, 0.15) is 29.8 Å². The minimum atomic E-state index is -4.07. The molecule has 0 saturated carbocycles. The molecular weight excluding hydrogens is 519 g/mol. The second-order valence-corrected chi connectivity index (χ2v) is 11.5. The van der Waals surface area contributed by atoms with Crippen LogP contribution in [0.3, 0.4) is 0 Å². The summed E-state index contributed by atoms with van der Waals surface area (Å²) >= 11 is 5.87. The van der Waals surface area contributed by atoms with Crippen molar-refractivity contribution in [3.8, 4) is 5.75 Å². The number of phenols is 1. The number of phenolic OH excluding ortho intramolecular Hbond substituents is 1. The molecule has 3 N–H and O–H groups in total. The summed E-state index contributed by atoms with van der Waals surface area (Å²) in [7, 11) is -4.07. The number of carbonyl (C=O) groups excluding carboxylic acids is 1. The van der Waals surface area contributed by atoms with Crippen LogP contribution in [0.15, 0.2) is 77.7 Å². The standard InChI is InChI=1S/C27H30ClFN2O5S/c1-18(2)16-31(37(35,36)22-11-9-21(29)10-12-22)17-26(33)24(14-19-6-4-3-5-7-19)30-27(34)23-13-8-20(28)15-25(23)32/h3-13,15,18,24,26,32-33H,14,16-17H2,1-2H3,(H,30,34)/t24-,26+/m0/s1. The molecule has 10 heteroatoms. The second-order valence-electron chi connectivity index (χ2n) is 9.17. The van der Waals surface area contributed by atoms with Crippen molar-refractivity contribution in [2.75, 3.05) is 13.1 Å². The van der Waals surface area contributed by atoms with Crippen molar-refractivity contribution in [1.29, 1.82) is 0 Å². The Morgan fingerprint density at radius 1 is 1.03 bits per heavy atom. The van der Waals surface area contributed by atoms with Crippen molar-refractivity contribution >= 4 is 27.5 Å². The van der Waals surface area contributed by atoms with Gasteiger partial charge in [0.25, 0.3) is 5.91 Å². The number of amides is 1. The minimum absolute atomic E-state index is 0.0346. The Labute approximate surface area is 221 Å². The lowest BCUT2D eigenvalue weighted by molar-refractivity contribution is 0.0774. The van der Waals surface area contributed by atoms with Crippen molar-refractivity contribution in [2.24, 2.45) is 5.92 Å². The van der Waals surface area contributed by atoms with E-state index in [0.717, 1.165) is 22.0 Å². The molecule has 0 unspecified atom stereocenters. The maximum absolute atomic E-state index is 13.4. The van der Waals surface area contributed by atoms with Gasteiger partial charge in [0.1, 0.15) is 11.6 Å². The Balaban J connectivity index is 1.90. The normalized spacial score (nSPS) is 13.5. The monoisotopic (exact) mass is 548 g/mol. The summed E-state index contributed by atoms with van der Waals surface area (Å²) < 4.78 is 41.3. The lowest BCUT2D eigenvalue weighted by atomic mass is 10.00. The molecule has 3 aromatic rings. The minimum Gasteiger partial charge on any atom is -0.507 e. The summed E-state index contributed by atoms with van der Waals surface area (Å²) in [4.78, 5) is 12.9. The highest BCUT2D eigenvalue weighted by Gasteiger charge is 2.31. The zero-order valence-corrected chi connectivity index (χ0v) is 22.1. The summed E-state index contributed by atoms with van der Waals surface area (Å²) in [6, 6.07) is 16.8. The van der Waals surface area contributed by atoms with E-state index in [9.17, 15) is 27.8 Å². The van der Waals surface area contributed by atoms with E-state index < -0.39 is 33.9 Å². The zero-order chi connectivity index (χ0) is 27.2. The smallest absolute Gasteiger partial charge is 0.255 e. The first-order chi connectivity index (χ1) is 17.5. The highest BCUT2D eigenvalue weighted by molar-refractivity contribution is 7.89. The van der Waals surface area contributed by atoms with Crippen LogP contribution in [0.25, 0.3) is 0 Å². The number of sulfonamides is 1. The number of aromatic hydroxyl groups is 1. The number of hydrogen-bond donors (Lipinski definition) is 3. The molecule has 0 aliphatic heterocycles. The molecule has 198 valence electrons. The van der Waals surface area contributed by atoms with Gasteiger partial charge in [-0.05, 0) is 60.4 Å². The van der Waals surface area contributed by atoms with E-state index in [1.807, 2.05) is 44.2 Å². The third-order valence-corrected chi connectivity index (χ3v) is 7.78. The molecule has 2 atom stereocenters. The van der Waals surface area contributed by atoms with E-state index in [-0.39, 0.29) is 46.7 Å². The van der Waals surface area contributed by atoms with Crippen molar-refractivity contribution in [3.05, 3.63) is 94.8 Å². The Kier molecular flexibility index (Phi) is 9.67. The lowest BCUT2D eigenvalue weighted by Crippen LogP contribution is -2.51. The average Bonchev–Trinajstić information content (AvgIpc) is 2.83.